The van der Waals surface area contributed by atoms with Crippen LogP contribution in [-0.4, -0.2) is 6.29 Å². The lowest BCUT2D eigenvalue weighted by Gasteiger charge is -2.04. The zero-order chi connectivity index (χ0) is 15.7. The fraction of sp³-hybridized carbons (Fsp3) is 0.167. The summed E-state index contributed by atoms with van der Waals surface area (Å²) in [5.41, 5.74) is 7.98. The summed E-state index contributed by atoms with van der Waals surface area (Å²) >= 11 is 0. The molecule has 0 spiro atoms. The topological polar surface area (TPSA) is 17.1 Å². The first-order valence-electron chi connectivity index (χ1n) is 5.83. The van der Waals surface area contributed by atoms with E-state index >= 15 is 0 Å². The predicted molar refractivity (Wildman–Crippen MR) is 85.7 cm³/mol. The second kappa shape index (κ2) is 17.9. The van der Waals surface area contributed by atoms with E-state index in [4.69, 9.17) is 0 Å². The van der Waals surface area contributed by atoms with Crippen molar-refractivity contribution in [2.75, 3.05) is 0 Å². The molecule has 1 aliphatic rings. The molecule has 0 amide bonds. The van der Waals surface area contributed by atoms with Crippen LogP contribution in [0.3, 0.4) is 0 Å². The fourth-order valence-corrected chi connectivity index (χ4v) is 1.10. The van der Waals surface area contributed by atoms with Gasteiger partial charge in [-0.25, -0.2) is 0 Å². The SMILES string of the molecule is C#C.C=C.C=C/C(=C\C)C1=C=C=CC=C1C=O.CC. The molecule has 0 fully saturated rings. The normalized spacial score (nSPS) is 10.9. The Balaban J connectivity index is -0.000000375. The van der Waals surface area contributed by atoms with Crippen molar-refractivity contribution in [3.63, 3.8) is 0 Å². The van der Waals surface area contributed by atoms with Crippen molar-refractivity contribution in [3.05, 3.63) is 72.2 Å². The molecule has 0 heterocycles. The maximum absolute atomic E-state index is 10.7. The van der Waals surface area contributed by atoms with Gasteiger partial charge in [0.2, 0.25) is 0 Å². The Morgan fingerprint density at radius 2 is 1.84 bits per heavy atom. The van der Waals surface area contributed by atoms with E-state index in [2.05, 4.69) is 44.0 Å². The van der Waals surface area contributed by atoms with Crippen molar-refractivity contribution in [1.29, 1.82) is 0 Å². The minimum atomic E-state index is 0.617. The molecule has 1 aliphatic carbocycles. The fourth-order valence-electron chi connectivity index (χ4n) is 1.10. The lowest BCUT2D eigenvalue weighted by molar-refractivity contribution is -0.104. The number of carbonyl (C=O) groups is 1. The van der Waals surface area contributed by atoms with Gasteiger partial charge in [-0.1, -0.05) is 44.0 Å². The zero-order valence-corrected chi connectivity index (χ0v) is 12.1. The highest BCUT2D eigenvalue weighted by molar-refractivity contribution is 5.84. The molecule has 0 aromatic carbocycles. The van der Waals surface area contributed by atoms with Gasteiger partial charge < -0.3 is 0 Å². The summed E-state index contributed by atoms with van der Waals surface area (Å²) in [7, 11) is 0. The molecule has 0 saturated heterocycles. The smallest absolute Gasteiger partial charge is 0.151 e. The quantitative estimate of drug-likeness (QED) is 0.237. The third kappa shape index (κ3) is 8.25. The van der Waals surface area contributed by atoms with Gasteiger partial charge in [-0.3, -0.25) is 4.79 Å². The Hall–Kier alpha value is -2.51. The van der Waals surface area contributed by atoms with E-state index in [9.17, 15) is 4.79 Å². The van der Waals surface area contributed by atoms with E-state index in [-0.39, 0.29) is 0 Å². The van der Waals surface area contributed by atoms with E-state index in [1.54, 1.807) is 18.2 Å². The number of rotatable bonds is 3. The summed E-state index contributed by atoms with van der Waals surface area (Å²) in [4.78, 5) is 10.7. The average Bonchev–Trinajstić information content (AvgIpc) is 2.55. The first-order valence-corrected chi connectivity index (χ1v) is 5.83. The highest BCUT2D eigenvalue weighted by Crippen LogP contribution is 2.19. The maximum Gasteiger partial charge on any atom is 0.151 e. The number of hydrogen-bond acceptors (Lipinski definition) is 1. The molecule has 0 aromatic heterocycles. The standard InChI is InChI=1S/C12H10O.C2H6.C2H4.C2H2/c1-3-10(4-2)12-8-6-5-7-11(12)9-13;3*1-2/h3-5,7,9H,1H2,2H3;1-2H3;1-2H2;1-2H/b10-4+;;;. The monoisotopic (exact) mass is 254 g/mol. The van der Waals surface area contributed by atoms with Crippen molar-refractivity contribution in [3.8, 4) is 12.8 Å². The van der Waals surface area contributed by atoms with Gasteiger partial charge in [0, 0.05) is 11.1 Å². The second-order valence-corrected chi connectivity index (χ2v) is 2.50. The summed E-state index contributed by atoms with van der Waals surface area (Å²) in [6, 6.07) is 0. The van der Waals surface area contributed by atoms with Crippen LogP contribution >= 0.6 is 0 Å². The van der Waals surface area contributed by atoms with E-state index in [0.717, 1.165) is 17.4 Å². The van der Waals surface area contributed by atoms with Crippen LogP contribution in [0.4, 0.5) is 0 Å². The summed E-state index contributed by atoms with van der Waals surface area (Å²) in [5.74, 6) is 0. The first kappa shape index (κ1) is 21.7. The lowest BCUT2D eigenvalue weighted by Crippen LogP contribution is -1.93. The molecule has 100 valence electrons. The molecule has 0 unspecified atom stereocenters. The van der Waals surface area contributed by atoms with Crippen LogP contribution < -0.4 is 0 Å². The highest BCUT2D eigenvalue weighted by Gasteiger charge is 2.06. The Kier molecular flexibility index (Phi) is 20.5. The van der Waals surface area contributed by atoms with Crippen LogP contribution in [-0.2, 0) is 4.79 Å². The van der Waals surface area contributed by atoms with E-state index < -0.39 is 0 Å². The Morgan fingerprint density at radius 1 is 1.32 bits per heavy atom. The third-order valence-electron chi connectivity index (χ3n) is 1.78. The van der Waals surface area contributed by atoms with Crippen molar-refractivity contribution >= 4 is 6.29 Å². The molecule has 1 heteroatoms. The number of carbonyl (C=O) groups excluding carboxylic acids is 1. The van der Waals surface area contributed by atoms with Crippen LogP contribution in [0.25, 0.3) is 0 Å². The molecule has 0 aromatic rings. The summed E-state index contributed by atoms with van der Waals surface area (Å²) in [5, 5.41) is 0. The number of hydrogen-bond donors (Lipinski definition) is 0. The van der Waals surface area contributed by atoms with E-state index in [0.29, 0.717) is 5.57 Å². The van der Waals surface area contributed by atoms with Crippen LogP contribution in [0, 0.1) is 12.8 Å². The highest BCUT2D eigenvalue weighted by atomic mass is 16.1. The number of terminal acetylenes is 1. The largest absolute Gasteiger partial charge is 0.298 e. The van der Waals surface area contributed by atoms with Crippen molar-refractivity contribution in [2.45, 2.75) is 20.8 Å². The maximum atomic E-state index is 10.7. The lowest BCUT2D eigenvalue weighted by atomic mass is 9.97. The molecule has 19 heavy (non-hydrogen) atoms. The molecular weight excluding hydrogens is 232 g/mol. The van der Waals surface area contributed by atoms with E-state index in [1.807, 2.05) is 26.8 Å². The van der Waals surface area contributed by atoms with E-state index in [1.165, 1.54) is 0 Å². The van der Waals surface area contributed by atoms with Crippen LogP contribution in [0.1, 0.15) is 20.8 Å². The van der Waals surface area contributed by atoms with Crippen LogP contribution in [0.15, 0.2) is 72.2 Å². The van der Waals surface area contributed by atoms with Gasteiger partial charge in [0.05, 0.1) is 0 Å². The van der Waals surface area contributed by atoms with Gasteiger partial charge in [0.25, 0.3) is 0 Å². The average molecular weight is 254 g/mol. The molecule has 0 saturated carbocycles. The number of aldehydes is 1. The van der Waals surface area contributed by atoms with Gasteiger partial charge in [-0.2, -0.15) is 0 Å². The van der Waals surface area contributed by atoms with Gasteiger partial charge in [-0.15, -0.1) is 26.0 Å². The van der Waals surface area contributed by atoms with Crippen LogP contribution in [0.2, 0.25) is 0 Å². The second-order valence-electron chi connectivity index (χ2n) is 2.50. The molecule has 0 N–H and O–H groups in total. The molecule has 0 bridgehead atoms. The van der Waals surface area contributed by atoms with Crippen molar-refractivity contribution in [2.24, 2.45) is 0 Å². The minimum Gasteiger partial charge on any atom is -0.298 e. The summed E-state index contributed by atoms with van der Waals surface area (Å²) in [6.07, 6.45) is 15.8. The Bertz CT molecular complexity index is 443. The van der Waals surface area contributed by atoms with Crippen molar-refractivity contribution in [1.82, 2.24) is 0 Å². The zero-order valence-electron chi connectivity index (χ0n) is 12.1. The summed E-state index contributed by atoms with van der Waals surface area (Å²) in [6.45, 7) is 15.6. The van der Waals surface area contributed by atoms with Gasteiger partial charge in [0.15, 0.2) is 6.29 Å². The number of allylic oxidation sites excluding steroid dienone is 7. The van der Waals surface area contributed by atoms with Gasteiger partial charge in [0.1, 0.15) is 0 Å². The van der Waals surface area contributed by atoms with Gasteiger partial charge in [-0.05, 0) is 24.6 Å². The molecule has 0 atom stereocenters. The molecule has 0 aliphatic heterocycles. The summed E-state index contributed by atoms with van der Waals surface area (Å²) < 4.78 is 0. The van der Waals surface area contributed by atoms with Gasteiger partial charge >= 0.3 is 0 Å². The molecule has 1 nitrogen and oxygen atoms in total. The third-order valence-corrected chi connectivity index (χ3v) is 1.78. The molecule has 1 rings (SSSR count). The predicted octanol–water partition coefficient (Wildman–Crippen LogP) is 4.57. The molecule has 0 radical (unpaired) electrons. The van der Waals surface area contributed by atoms with Crippen LogP contribution in [0.5, 0.6) is 0 Å². The Labute approximate surface area is 117 Å². The van der Waals surface area contributed by atoms with Crippen molar-refractivity contribution < 1.29 is 4.79 Å². The minimum absolute atomic E-state index is 0.617. The Morgan fingerprint density at radius 3 is 2.21 bits per heavy atom. The first-order chi connectivity index (χ1) is 9.33. The molecular formula is C18H22O.